The lowest BCUT2D eigenvalue weighted by atomic mass is 10.3. The zero-order valence-corrected chi connectivity index (χ0v) is 5.62. The quantitative estimate of drug-likeness (QED) is 0.269. The summed E-state index contributed by atoms with van der Waals surface area (Å²) in [4.78, 5) is 0. The van der Waals surface area contributed by atoms with E-state index in [4.69, 9.17) is 0 Å². The van der Waals surface area contributed by atoms with Gasteiger partial charge in [-0.2, -0.15) is 13.2 Å². The maximum Gasteiger partial charge on any atom is 0.416 e. The second-order valence-electron chi connectivity index (χ2n) is 1.88. The summed E-state index contributed by atoms with van der Waals surface area (Å²) in [5.41, 5.74) is -1.75. The van der Waals surface area contributed by atoms with Crippen molar-refractivity contribution in [1.82, 2.24) is 5.12 Å². The molecule has 66 valence electrons. The Morgan fingerprint density at radius 1 is 1.45 bits per heavy atom. The molecule has 0 bridgehead atoms. The number of alkyl halides is 4. The van der Waals surface area contributed by atoms with Crippen LogP contribution in [0.4, 0.5) is 22.0 Å². The molecule has 1 nitrogen and oxygen atoms in total. The molecule has 0 N–H and O–H groups in total. The lowest BCUT2D eigenvalue weighted by molar-refractivity contribution is -0.128. The zero-order chi connectivity index (χ0) is 9.23. The third-order valence-corrected chi connectivity index (χ3v) is 0.964. The average molecular weight is 175 g/mol. The van der Waals surface area contributed by atoms with E-state index in [1.165, 1.54) is 0 Å². The maximum atomic E-state index is 12.1. The van der Waals surface area contributed by atoms with E-state index < -0.39 is 23.2 Å². The highest BCUT2D eigenvalue weighted by Crippen LogP contribution is 2.29. The van der Waals surface area contributed by atoms with E-state index in [0.29, 0.717) is 7.05 Å². The van der Waals surface area contributed by atoms with Gasteiger partial charge in [-0.3, -0.25) is 0 Å². The van der Waals surface area contributed by atoms with Crippen LogP contribution in [0, 0.1) is 0 Å². The lowest BCUT2D eigenvalue weighted by Crippen LogP contribution is -2.29. The van der Waals surface area contributed by atoms with Gasteiger partial charge in [0, 0.05) is 7.05 Å². The molecular weight excluding hydrogens is 169 g/mol. The number of nitrogens with zero attached hydrogens (tertiary/aromatic N) is 1. The number of likely N-dealkylation sites (N-methyl/N-ethyl adjacent to an activating group) is 1. The van der Waals surface area contributed by atoms with Crippen LogP contribution in [0.5, 0.6) is 0 Å². The summed E-state index contributed by atoms with van der Waals surface area (Å²) < 4.78 is 58.5. The van der Waals surface area contributed by atoms with Crippen molar-refractivity contribution in [3.8, 4) is 0 Å². The van der Waals surface area contributed by atoms with E-state index in [9.17, 15) is 22.0 Å². The van der Waals surface area contributed by atoms with Gasteiger partial charge in [0.15, 0.2) is 0 Å². The van der Waals surface area contributed by atoms with E-state index in [1.54, 1.807) is 0 Å². The van der Waals surface area contributed by atoms with E-state index >= 15 is 0 Å². The van der Waals surface area contributed by atoms with Gasteiger partial charge in [0.05, 0.1) is 5.57 Å². The second kappa shape index (κ2) is 3.17. The topological polar surface area (TPSA) is 3.24 Å². The fraction of sp³-hybridized carbons (Fsp3) is 0.600. The highest BCUT2D eigenvalue weighted by molar-refractivity contribution is 5.07. The summed E-state index contributed by atoms with van der Waals surface area (Å²) in [6, 6.07) is 0. The largest absolute Gasteiger partial charge is 0.416 e. The molecule has 1 unspecified atom stereocenters. The van der Waals surface area contributed by atoms with E-state index in [0.717, 1.165) is 0 Å². The van der Waals surface area contributed by atoms with Crippen LogP contribution in [-0.4, -0.2) is 24.6 Å². The van der Waals surface area contributed by atoms with Crippen LogP contribution in [0.25, 0.3) is 0 Å². The Kier molecular flexibility index (Phi) is 2.98. The van der Waals surface area contributed by atoms with Crippen LogP contribution in [0.1, 0.15) is 0 Å². The first-order chi connectivity index (χ1) is 4.76. The summed E-state index contributed by atoms with van der Waals surface area (Å²) in [6.07, 6.45) is -7.71. The molecule has 0 radical (unpaired) electrons. The normalized spacial score (nSPS) is 15.2. The summed E-state index contributed by atoms with van der Waals surface area (Å²) >= 11 is 0. The molecule has 1 atom stereocenters. The predicted molar refractivity (Wildman–Crippen MR) is 29.0 cm³/mol. The van der Waals surface area contributed by atoms with E-state index in [2.05, 4.69) is 6.58 Å². The molecule has 0 rings (SSSR count). The molecule has 0 aliphatic heterocycles. The summed E-state index contributed by atoms with van der Waals surface area (Å²) in [5.74, 6) is 0. The smallest absolute Gasteiger partial charge is 0.222 e. The molecule has 0 aromatic rings. The minimum Gasteiger partial charge on any atom is -0.222 e. The Labute approximate surface area is 60.0 Å². The van der Waals surface area contributed by atoms with Crippen molar-refractivity contribution < 1.29 is 22.0 Å². The summed E-state index contributed by atoms with van der Waals surface area (Å²) in [6.45, 7) is 2.37. The first kappa shape index (κ1) is 10.3. The van der Waals surface area contributed by atoms with Crippen LogP contribution < -0.4 is 0 Å². The van der Waals surface area contributed by atoms with Crippen molar-refractivity contribution in [2.45, 2.75) is 12.5 Å². The molecule has 0 saturated carbocycles. The van der Waals surface area contributed by atoms with E-state index in [-0.39, 0.29) is 0 Å². The molecule has 0 saturated heterocycles. The number of hydrogen-bond acceptors (Lipinski definition) is 1. The first-order valence-corrected chi connectivity index (χ1v) is 2.55. The van der Waals surface area contributed by atoms with Crippen molar-refractivity contribution in [2.24, 2.45) is 0 Å². The Morgan fingerprint density at radius 3 is 1.91 bits per heavy atom. The Bertz CT molecular complexity index is 149. The van der Waals surface area contributed by atoms with Crippen molar-refractivity contribution >= 4 is 0 Å². The second-order valence-corrected chi connectivity index (χ2v) is 1.88. The molecule has 0 fully saturated rings. The number of halogens is 5. The first-order valence-electron chi connectivity index (χ1n) is 2.55. The SMILES string of the molecule is C=C(C(F)N(C)F)C(F)(F)F. The van der Waals surface area contributed by atoms with Gasteiger partial charge in [-0.25, -0.2) is 4.39 Å². The third kappa shape index (κ3) is 2.83. The van der Waals surface area contributed by atoms with Crippen LogP contribution in [0.2, 0.25) is 0 Å². The molecule has 6 heteroatoms. The monoisotopic (exact) mass is 175 g/mol. The zero-order valence-electron chi connectivity index (χ0n) is 5.62. The average Bonchev–Trinajstić information content (AvgIpc) is 1.82. The summed E-state index contributed by atoms with van der Waals surface area (Å²) in [7, 11) is 0.543. The fourth-order valence-corrected chi connectivity index (χ4v) is 0.350. The molecule has 0 aliphatic carbocycles. The van der Waals surface area contributed by atoms with Gasteiger partial charge in [0.2, 0.25) is 6.30 Å². The van der Waals surface area contributed by atoms with Crippen LogP contribution in [-0.2, 0) is 0 Å². The van der Waals surface area contributed by atoms with Crippen molar-refractivity contribution in [1.29, 1.82) is 0 Å². The lowest BCUT2D eigenvalue weighted by Gasteiger charge is -2.16. The van der Waals surface area contributed by atoms with Crippen LogP contribution in [0.15, 0.2) is 12.2 Å². The van der Waals surface area contributed by atoms with Crippen LogP contribution >= 0.6 is 0 Å². The van der Waals surface area contributed by atoms with Gasteiger partial charge in [0.1, 0.15) is 0 Å². The Morgan fingerprint density at radius 2 is 1.82 bits per heavy atom. The van der Waals surface area contributed by atoms with Gasteiger partial charge in [0.25, 0.3) is 0 Å². The van der Waals surface area contributed by atoms with Gasteiger partial charge >= 0.3 is 6.18 Å². The standard InChI is InChI=1S/C5H6F5N/c1-3(5(7,8)9)4(6)11(2)10/h4H,1H2,2H3. The van der Waals surface area contributed by atoms with Gasteiger partial charge < -0.3 is 0 Å². The molecule has 0 aromatic carbocycles. The summed E-state index contributed by atoms with van der Waals surface area (Å²) in [5, 5.41) is -0.699. The van der Waals surface area contributed by atoms with Gasteiger partial charge in [-0.05, 0) is 0 Å². The van der Waals surface area contributed by atoms with Gasteiger partial charge in [-0.15, -0.1) is 9.60 Å². The minimum absolute atomic E-state index is 0.543. The number of hydrogen-bond donors (Lipinski definition) is 0. The Balaban J connectivity index is 4.26. The molecule has 0 aromatic heterocycles. The molecular formula is C5H6F5N. The molecule has 0 spiro atoms. The fourth-order valence-electron chi connectivity index (χ4n) is 0.350. The predicted octanol–water partition coefficient (Wildman–Crippen LogP) is 2.22. The van der Waals surface area contributed by atoms with Crippen LogP contribution in [0.3, 0.4) is 0 Å². The highest BCUT2D eigenvalue weighted by atomic mass is 19.4. The molecule has 0 aliphatic rings. The van der Waals surface area contributed by atoms with Crippen molar-refractivity contribution in [3.05, 3.63) is 12.2 Å². The highest BCUT2D eigenvalue weighted by Gasteiger charge is 2.39. The third-order valence-electron chi connectivity index (χ3n) is 0.964. The maximum absolute atomic E-state index is 12.1. The Hall–Kier alpha value is -0.650. The molecule has 0 heterocycles. The van der Waals surface area contributed by atoms with E-state index in [1.807, 2.05) is 0 Å². The number of rotatable bonds is 2. The molecule has 11 heavy (non-hydrogen) atoms. The minimum atomic E-state index is -4.89. The van der Waals surface area contributed by atoms with Crippen molar-refractivity contribution in [3.63, 3.8) is 0 Å². The molecule has 0 amide bonds. The van der Waals surface area contributed by atoms with Crippen molar-refractivity contribution in [2.75, 3.05) is 7.05 Å². The van der Waals surface area contributed by atoms with Gasteiger partial charge in [-0.1, -0.05) is 6.58 Å².